The molecule has 0 saturated carbocycles. The smallest absolute Gasteiger partial charge is 0.407 e. The Hall–Kier alpha value is -1.24. The zero-order valence-electron chi connectivity index (χ0n) is 24.8. The van der Waals surface area contributed by atoms with Gasteiger partial charge in [0.15, 0.2) is 8.32 Å². The monoisotopic (exact) mass is 540 g/mol. The van der Waals surface area contributed by atoms with Gasteiger partial charge in [-0.25, -0.2) is 4.79 Å². The van der Waals surface area contributed by atoms with E-state index in [-0.39, 0.29) is 22.6 Å². The second-order valence-electron chi connectivity index (χ2n) is 13.1. The number of ether oxygens (including phenoxy) is 1. The van der Waals surface area contributed by atoms with Crippen LogP contribution in [0.25, 0.3) is 0 Å². The molecule has 0 aliphatic carbocycles. The van der Waals surface area contributed by atoms with E-state index in [9.17, 15) is 4.79 Å². The van der Waals surface area contributed by atoms with Crippen molar-refractivity contribution in [3.63, 3.8) is 0 Å². The zero-order valence-corrected chi connectivity index (χ0v) is 26.8. The Morgan fingerprint density at radius 2 is 1.47 bits per heavy atom. The highest BCUT2D eigenvalue weighted by molar-refractivity contribution is 6.83. The van der Waals surface area contributed by atoms with Crippen molar-refractivity contribution in [1.29, 1.82) is 0 Å². The number of benzene rings is 1. The van der Waals surface area contributed by atoms with E-state index >= 15 is 0 Å². The number of nitrogens with two attached hydrogens (primary N) is 1. The van der Waals surface area contributed by atoms with Crippen LogP contribution in [0.2, 0.25) is 23.2 Å². The molecule has 208 valence electrons. The van der Waals surface area contributed by atoms with Crippen molar-refractivity contribution in [2.75, 3.05) is 26.9 Å². The molecular formula is C27H52N2O5Si2. The topological polar surface area (TPSA) is 92.0 Å². The van der Waals surface area contributed by atoms with Gasteiger partial charge in [0.1, 0.15) is 5.60 Å². The molecule has 0 aromatic heterocycles. The molecule has 7 nitrogen and oxygen atoms in total. The highest BCUT2D eigenvalue weighted by Gasteiger charge is 2.51. The Morgan fingerprint density at radius 1 is 0.917 bits per heavy atom. The predicted molar refractivity (Wildman–Crippen MR) is 153 cm³/mol. The summed E-state index contributed by atoms with van der Waals surface area (Å²) in [5.74, 6) is -0.161. The van der Waals surface area contributed by atoms with Gasteiger partial charge in [0.05, 0.1) is 12.6 Å². The average Bonchev–Trinajstić information content (AvgIpc) is 2.72. The van der Waals surface area contributed by atoms with Crippen LogP contribution in [0.15, 0.2) is 30.3 Å². The molecule has 3 N–H and O–H groups in total. The van der Waals surface area contributed by atoms with Crippen molar-refractivity contribution in [2.45, 2.75) is 97.1 Å². The summed E-state index contributed by atoms with van der Waals surface area (Å²) in [7, 11) is -3.22. The fourth-order valence-electron chi connectivity index (χ4n) is 3.72. The quantitative estimate of drug-likeness (QED) is 0.371. The molecule has 0 bridgehead atoms. The largest absolute Gasteiger partial charge is 0.444 e. The maximum atomic E-state index is 12.8. The lowest BCUT2D eigenvalue weighted by Crippen LogP contribution is -2.62. The molecule has 0 radical (unpaired) electrons. The number of amides is 1. The minimum absolute atomic E-state index is 0.0639. The van der Waals surface area contributed by atoms with Crippen molar-refractivity contribution in [1.82, 2.24) is 5.32 Å². The molecule has 1 unspecified atom stereocenters. The van der Waals surface area contributed by atoms with E-state index < -0.39 is 34.6 Å². The zero-order chi connectivity index (χ0) is 28.0. The van der Waals surface area contributed by atoms with E-state index in [0.717, 1.165) is 5.19 Å². The third-order valence-corrected chi connectivity index (χ3v) is 15.7. The number of rotatable bonds is 11. The molecule has 0 aliphatic heterocycles. The Morgan fingerprint density at radius 3 is 1.89 bits per heavy atom. The van der Waals surface area contributed by atoms with Crippen LogP contribution in [0.1, 0.15) is 62.3 Å². The van der Waals surface area contributed by atoms with Crippen molar-refractivity contribution >= 4 is 28.2 Å². The number of nitrogens with one attached hydrogen (secondary N) is 1. The van der Waals surface area contributed by atoms with Gasteiger partial charge in [0.2, 0.25) is 0 Å². The number of alkyl carbamates (subject to hydrolysis) is 1. The van der Waals surface area contributed by atoms with Crippen LogP contribution in [-0.2, 0) is 18.0 Å². The van der Waals surface area contributed by atoms with Gasteiger partial charge in [-0.2, -0.15) is 0 Å². The first-order chi connectivity index (χ1) is 16.3. The van der Waals surface area contributed by atoms with Gasteiger partial charge >= 0.3 is 14.7 Å². The summed E-state index contributed by atoms with van der Waals surface area (Å²) in [6.45, 7) is 24.0. The molecule has 1 amide bonds. The van der Waals surface area contributed by atoms with Crippen LogP contribution in [0.3, 0.4) is 0 Å². The lowest BCUT2D eigenvalue weighted by Gasteiger charge is -2.42. The van der Waals surface area contributed by atoms with Crippen LogP contribution < -0.4 is 16.2 Å². The Labute approximate surface area is 222 Å². The van der Waals surface area contributed by atoms with Gasteiger partial charge in [0.25, 0.3) is 0 Å². The van der Waals surface area contributed by atoms with Crippen molar-refractivity contribution in [3.05, 3.63) is 30.3 Å². The van der Waals surface area contributed by atoms with Crippen molar-refractivity contribution < 1.29 is 22.8 Å². The highest BCUT2D eigenvalue weighted by Crippen LogP contribution is 2.38. The van der Waals surface area contributed by atoms with Crippen LogP contribution in [-0.4, -0.2) is 61.5 Å². The van der Waals surface area contributed by atoms with E-state index in [4.69, 9.17) is 23.7 Å². The second kappa shape index (κ2) is 12.5. The molecule has 0 fully saturated rings. The number of hydrogen-bond acceptors (Lipinski definition) is 6. The maximum Gasteiger partial charge on any atom is 0.407 e. The molecule has 0 spiro atoms. The summed E-state index contributed by atoms with van der Waals surface area (Å²) < 4.78 is 25.1. The second-order valence-corrected chi connectivity index (χ2v) is 21.9. The van der Waals surface area contributed by atoms with Gasteiger partial charge in [0, 0.05) is 24.7 Å². The third kappa shape index (κ3) is 8.95. The van der Waals surface area contributed by atoms with Crippen molar-refractivity contribution in [2.24, 2.45) is 11.7 Å². The fraction of sp³-hybridized carbons (Fsp3) is 0.741. The van der Waals surface area contributed by atoms with E-state index in [1.54, 1.807) is 7.11 Å². The molecule has 36 heavy (non-hydrogen) atoms. The summed E-state index contributed by atoms with van der Waals surface area (Å²) >= 11 is 0. The molecule has 9 heteroatoms. The normalized spacial score (nSPS) is 16.7. The Bertz CT molecular complexity index is 816. The minimum atomic E-state index is -2.92. The summed E-state index contributed by atoms with van der Waals surface area (Å²) in [4.78, 5) is 12.8. The molecular weight excluding hydrogens is 488 g/mol. The first-order valence-corrected chi connectivity index (χ1v) is 17.6. The van der Waals surface area contributed by atoms with E-state index in [2.05, 4.69) is 72.1 Å². The van der Waals surface area contributed by atoms with Gasteiger partial charge < -0.3 is 29.1 Å². The first-order valence-electron chi connectivity index (χ1n) is 12.9. The maximum absolute atomic E-state index is 12.8. The van der Waals surface area contributed by atoms with Crippen LogP contribution in [0.5, 0.6) is 0 Å². The summed E-state index contributed by atoms with van der Waals surface area (Å²) in [6, 6.07) is 9.67. The lowest BCUT2D eigenvalue weighted by atomic mass is 10.0. The molecule has 3 atom stereocenters. The van der Waals surface area contributed by atoms with E-state index in [0.29, 0.717) is 13.2 Å². The van der Waals surface area contributed by atoms with E-state index in [1.165, 1.54) is 0 Å². The first kappa shape index (κ1) is 32.8. The van der Waals surface area contributed by atoms with Crippen molar-refractivity contribution in [3.8, 4) is 0 Å². The third-order valence-electron chi connectivity index (χ3n) is 6.93. The minimum Gasteiger partial charge on any atom is -0.444 e. The van der Waals surface area contributed by atoms with Gasteiger partial charge in [-0.1, -0.05) is 71.9 Å². The Kier molecular flexibility index (Phi) is 11.4. The Balaban J connectivity index is 3.29. The SMILES string of the molecule is CO[Si](OC[C@@H](NC(=O)OC(C)(C)C)[C@@H](CN)CO[Si](C)(C)C(C)(C)C)(c1ccccc1)C(C)(C)C. The molecule has 0 heterocycles. The van der Waals surface area contributed by atoms with Gasteiger partial charge in [-0.3, -0.25) is 0 Å². The fourth-order valence-corrected chi connectivity index (χ4v) is 8.26. The van der Waals surface area contributed by atoms with Crippen LogP contribution in [0, 0.1) is 5.92 Å². The molecule has 0 saturated heterocycles. The summed E-state index contributed by atoms with van der Waals surface area (Å²) in [5.41, 5.74) is 5.63. The van der Waals surface area contributed by atoms with Crippen LogP contribution >= 0.6 is 0 Å². The molecule has 1 aromatic rings. The van der Waals surface area contributed by atoms with Crippen LogP contribution in [0.4, 0.5) is 4.79 Å². The average molecular weight is 541 g/mol. The predicted octanol–water partition coefficient (Wildman–Crippen LogP) is 5.29. The molecule has 1 aromatic carbocycles. The molecule has 0 aliphatic rings. The molecule has 1 rings (SSSR count). The van der Waals surface area contributed by atoms with E-state index in [1.807, 2.05) is 39.0 Å². The summed E-state index contributed by atoms with van der Waals surface area (Å²) in [6.07, 6.45) is -0.498. The number of hydrogen-bond donors (Lipinski definition) is 2. The lowest BCUT2D eigenvalue weighted by molar-refractivity contribution is 0.0427. The standard InChI is InChI=1S/C27H52N2O5Si2/c1-25(2,3)34-24(30)29-23(21(18-28)19-32-35(11,12)26(4,5)6)20-33-36(31-10,27(7,8)9)22-16-14-13-15-17-22/h13-17,21,23H,18-20,28H2,1-12H3,(H,29,30)/t21-,23+,36?/m0/s1. The highest BCUT2D eigenvalue weighted by atomic mass is 28.4. The number of carbonyl (C=O) groups is 1. The number of carbonyl (C=O) groups excluding carboxylic acids is 1. The summed E-state index contributed by atoms with van der Waals surface area (Å²) in [5, 5.41) is 3.87. The van der Waals surface area contributed by atoms with Gasteiger partial charge in [-0.05, 0) is 50.6 Å². The van der Waals surface area contributed by atoms with Gasteiger partial charge in [-0.15, -0.1) is 0 Å².